The van der Waals surface area contributed by atoms with E-state index in [2.05, 4.69) is 20.5 Å². The van der Waals surface area contributed by atoms with Crippen molar-refractivity contribution in [2.24, 2.45) is 5.92 Å². The fourth-order valence-electron chi connectivity index (χ4n) is 4.21. The Kier molecular flexibility index (Phi) is 7.27. The van der Waals surface area contributed by atoms with E-state index >= 15 is 0 Å². The van der Waals surface area contributed by atoms with Crippen LogP contribution >= 0.6 is 11.3 Å². The maximum absolute atomic E-state index is 13.0. The molecule has 1 fully saturated rings. The molecule has 0 radical (unpaired) electrons. The summed E-state index contributed by atoms with van der Waals surface area (Å²) in [5.74, 6) is 2.97. The predicted octanol–water partition coefficient (Wildman–Crippen LogP) is 6.81. The molecule has 4 aromatic rings. The number of rotatable bonds is 8. The molecule has 1 saturated carbocycles. The monoisotopic (exact) mass is 504 g/mol. The van der Waals surface area contributed by atoms with Crippen molar-refractivity contribution in [1.82, 2.24) is 15.2 Å². The first-order valence-electron chi connectivity index (χ1n) is 12.1. The lowest BCUT2D eigenvalue weighted by molar-refractivity contribution is 0.102. The molecule has 1 N–H and O–H groups in total. The summed E-state index contributed by atoms with van der Waals surface area (Å²) in [6.07, 6.45) is 7.88. The van der Waals surface area contributed by atoms with Crippen molar-refractivity contribution >= 4 is 22.4 Å². The molecule has 36 heavy (non-hydrogen) atoms. The second-order valence-corrected chi connectivity index (χ2v) is 10.2. The molecule has 2 aromatic carbocycles. The Bertz CT molecular complexity index is 1330. The number of hydrogen-bond acceptors (Lipinski definition) is 8. The van der Waals surface area contributed by atoms with E-state index < -0.39 is 0 Å². The zero-order chi connectivity index (χ0) is 24.9. The number of carbonyl (C=O) groups excluding carboxylic acids is 1. The van der Waals surface area contributed by atoms with Crippen LogP contribution in [0.15, 0.2) is 53.1 Å². The number of amides is 1. The normalized spacial score (nSPS) is 13.9. The van der Waals surface area contributed by atoms with E-state index in [1.165, 1.54) is 43.4 Å². The number of hydrogen-bond donors (Lipinski definition) is 1. The van der Waals surface area contributed by atoms with Crippen LogP contribution in [0, 0.1) is 19.8 Å². The second kappa shape index (κ2) is 10.9. The minimum absolute atomic E-state index is 0.264. The molecule has 0 bridgehead atoms. The predicted molar refractivity (Wildman–Crippen MR) is 138 cm³/mol. The first-order valence-corrected chi connectivity index (χ1v) is 12.9. The lowest BCUT2D eigenvalue weighted by Gasteiger charge is -2.22. The molecular weight excluding hydrogens is 476 g/mol. The van der Waals surface area contributed by atoms with Gasteiger partial charge in [-0.05, 0) is 62.1 Å². The molecular formula is C27H28N4O4S. The third-order valence-electron chi connectivity index (χ3n) is 6.06. The van der Waals surface area contributed by atoms with E-state index in [1.54, 1.807) is 25.3 Å². The van der Waals surface area contributed by atoms with Gasteiger partial charge < -0.3 is 13.9 Å². The van der Waals surface area contributed by atoms with Crippen molar-refractivity contribution in [2.45, 2.75) is 46.0 Å². The topological polar surface area (TPSA) is 99.4 Å². The van der Waals surface area contributed by atoms with Crippen molar-refractivity contribution in [3.05, 3.63) is 65.0 Å². The highest BCUT2D eigenvalue weighted by Gasteiger charge is 2.17. The van der Waals surface area contributed by atoms with Crippen molar-refractivity contribution in [1.29, 1.82) is 0 Å². The maximum Gasteiger partial charge on any atom is 0.257 e. The Labute approximate surface area is 213 Å². The molecule has 1 aliphatic carbocycles. The molecule has 1 aliphatic rings. The van der Waals surface area contributed by atoms with Crippen LogP contribution in [-0.2, 0) is 0 Å². The molecule has 0 aliphatic heterocycles. The van der Waals surface area contributed by atoms with Gasteiger partial charge in [-0.3, -0.25) is 10.1 Å². The van der Waals surface area contributed by atoms with E-state index in [-0.39, 0.29) is 5.91 Å². The van der Waals surface area contributed by atoms with Crippen molar-refractivity contribution < 1.29 is 18.7 Å². The fraction of sp³-hybridized carbons (Fsp3) is 0.333. The van der Waals surface area contributed by atoms with Crippen LogP contribution in [-0.4, -0.2) is 27.7 Å². The van der Waals surface area contributed by atoms with Crippen LogP contribution in [0.4, 0.5) is 5.13 Å². The van der Waals surface area contributed by atoms with Crippen LogP contribution in [0.2, 0.25) is 0 Å². The zero-order valence-corrected chi connectivity index (χ0v) is 21.1. The summed E-state index contributed by atoms with van der Waals surface area (Å²) in [6, 6.07) is 12.6. The summed E-state index contributed by atoms with van der Waals surface area (Å²) in [4.78, 5) is 18.3. The van der Waals surface area contributed by atoms with Gasteiger partial charge in [0.15, 0.2) is 5.13 Å². The van der Waals surface area contributed by atoms with E-state index in [4.69, 9.17) is 13.9 Å². The van der Waals surface area contributed by atoms with Gasteiger partial charge in [0, 0.05) is 35.2 Å². The highest BCUT2D eigenvalue weighted by atomic mass is 32.1. The molecule has 8 nitrogen and oxygen atoms in total. The molecule has 0 spiro atoms. The Hall–Kier alpha value is -3.72. The van der Waals surface area contributed by atoms with Gasteiger partial charge in [0.25, 0.3) is 5.91 Å². The standard InChI is InChI=1S/C27H28N4O4S/c1-17-15-28-27(36-17)29-25(32)21-12-23(33-16-19-6-4-3-5-7-19)14-24(13-21)35-22-10-8-20(9-11-22)26-31-30-18(2)34-26/h8-15,19H,3-7,16H2,1-2H3,(H,28,29,32). The van der Waals surface area contributed by atoms with Gasteiger partial charge in [0.05, 0.1) is 6.61 Å². The van der Waals surface area contributed by atoms with Gasteiger partial charge in [-0.25, -0.2) is 4.98 Å². The summed E-state index contributed by atoms with van der Waals surface area (Å²) in [6.45, 7) is 4.33. The largest absolute Gasteiger partial charge is 0.493 e. The minimum Gasteiger partial charge on any atom is -0.493 e. The third-order valence-corrected chi connectivity index (χ3v) is 6.89. The Morgan fingerprint density at radius 2 is 1.81 bits per heavy atom. The summed E-state index contributed by atoms with van der Waals surface area (Å²) < 4.78 is 17.7. The van der Waals surface area contributed by atoms with Crippen LogP contribution in [0.3, 0.4) is 0 Å². The van der Waals surface area contributed by atoms with E-state index in [0.29, 0.717) is 52.2 Å². The van der Waals surface area contributed by atoms with Gasteiger partial charge in [-0.2, -0.15) is 0 Å². The number of nitrogens with zero attached hydrogens (tertiary/aromatic N) is 3. The molecule has 0 atom stereocenters. The summed E-state index contributed by atoms with van der Waals surface area (Å²) in [7, 11) is 0. The number of anilines is 1. The number of nitrogens with one attached hydrogen (secondary N) is 1. The van der Waals surface area contributed by atoms with E-state index in [9.17, 15) is 4.79 Å². The SMILES string of the molecule is Cc1nnc(-c2ccc(Oc3cc(OCC4CCCCC4)cc(C(=O)Nc4ncc(C)s4)c3)cc2)o1. The van der Waals surface area contributed by atoms with Crippen LogP contribution in [0.5, 0.6) is 17.2 Å². The smallest absolute Gasteiger partial charge is 0.257 e. The second-order valence-electron chi connectivity index (χ2n) is 8.99. The highest BCUT2D eigenvalue weighted by Crippen LogP contribution is 2.31. The Morgan fingerprint density at radius 3 is 2.50 bits per heavy atom. The molecule has 1 amide bonds. The zero-order valence-electron chi connectivity index (χ0n) is 20.3. The number of ether oxygens (including phenoxy) is 2. The summed E-state index contributed by atoms with van der Waals surface area (Å²) in [5, 5.41) is 11.3. The van der Waals surface area contributed by atoms with Crippen LogP contribution in [0.25, 0.3) is 11.5 Å². The number of benzene rings is 2. The third kappa shape index (κ3) is 6.09. The first-order chi connectivity index (χ1) is 17.5. The number of thiazole rings is 1. The lowest BCUT2D eigenvalue weighted by atomic mass is 9.90. The highest BCUT2D eigenvalue weighted by molar-refractivity contribution is 7.15. The van der Waals surface area contributed by atoms with Gasteiger partial charge in [-0.15, -0.1) is 21.5 Å². The van der Waals surface area contributed by atoms with Crippen molar-refractivity contribution in [2.75, 3.05) is 11.9 Å². The minimum atomic E-state index is -0.264. The maximum atomic E-state index is 13.0. The first kappa shape index (κ1) is 24.0. The summed E-state index contributed by atoms with van der Waals surface area (Å²) >= 11 is 1.43. The molecule has 186 valence electrons. The summed E-state index contributed by atoms with van der Waals surface area (Å²) in [5.41, 5.74) is 1.24. The average Bonchev–Trinajstić information content (AvgIpc) is 3.51. The van der Waals surface area contributed by atoms with Gasteiger partial charge in [-0.1, -0.05) is 19.3 Å². The lowest BCUT2D eigenvalue weighted by Crippen LogP contribution is -2.16. The molecule has 0 unspecified atom stereocenters. The fourth-order valence-corrected chi connectivity index (χ4v) is 4.87. The van der Waals surface area contributed by atoms with Crippen LogP contribution < -0.4 is 14.8 Å². The number of carbonyl (C=O) groups is 1. The molecule has 0 saturated heterocycles. The van der Waals surface area contributed by atoms with Gasteiger partial charge >= 0.3 is 0 Å². The molecule has 2 aromatic heterocycles. The number of aromatic nitrogens is 3. The van der Waals surface area contributed by atoms with Crippen molar-refractivity contribution in [3.8, 4) is 28.7 Å². The van der Waals surface area contributed by atoms with Gasteiger partial charge in [0.1, 0.15) is 17.2 Å². The van der Waals surface area contributed by atoms with E-state index in [0.717, 1.165) is 10.4 Å². The van der Waals surface area contributed by atoms with Crippen LogP contribution in [0.1, 0.15) is 53.2 Å². The molecule has 5 rings (SSSR count). The Morgan fingerprint density at radius 1 is 1.03 bits per heavy atom. The van der Waals surface area contributed by atoms with E-state index in [1.807, 2.05) is 37.3 Å². The quantitative estimate of drug-likeness (QED) is 0.281. The molecule has 9 heteroatoms. The number of aryl methyl sites for hydroxylation is 2. The van der Waals surface area contributed by atoms with Crippen molar-refractivity contribution in [3.63, 3.8) is 0 Å². The van der Waals surface area contributed by atoms with Gasteiger partial charge in [0.2, 0.25) is 11.8 Å². The Balaban J connectivity index is 1.35. The average molecular weight is 505 g/mol. The molecule has 2 heterocycles.